The van der Waals surface area contributed by atoms with Crippen molar-refractivity contribution in [2.45, 2.75) is 0 Å². The first-order valence-corrected chi connectivity index (χ1v) is 12.8. The summed E-state index contributed by atoms with van der Waals surface area (Å²) in [6.45, 7) is 3.05. The summed E-state index contributed by atoms with van der Waals surface area (Å²) in [6.07, 6.45) is 1.83. The number of rotatable bonds is 8. The topological polar surface area (TPSA) is 80.7 Å². The Morgan fingerprint density at radius 1 is 1.20 bits per heavy atom. The average Bonchev–Trinajstić information content (AvgIpc) is 3.16. The van der Waals surface area contributed by atoms with Crippen molar-refractivity contribution in [3.63, 3.8) is 0 Å². The molecule has 2 fully saturated rings. The third-order valence-electron chi connectivity index (χ3n) is 5.36. The molecule has 8 nitrogen and oxygen atoms in total. The van der Waals surface area contributed by atoms with Crippen LogP contribution in [-0.4, -0.2) is 80.0 Å². The van der Waals surface area contributed by atoms with Crippen molar-refractivity contribution in [2.24, 2.45) is 4.99 Å². The fourth-order valence-electron chi connectivity index (χ4n) is 3.50. The molecule has 2 amide bonds. The summed E-state index contributed by atoms with van der Waals surface area (Å²) < 4.78 is 16.9. The van der Waals surface area contributed by atoms with Crippen molar-refractivity contribution in [1.82, 2.24) is 9.80 Å². The van der Waals surface area contributed by atoms with Crippen molar-refractivity contribution in [3.8, 4) is 5.75 Å². The van der Waals surface area contributed by atoms with Gasteiger partial charge >= 0.3 is 0 Å². The first-order valence-electron chi connectivity index (χ1n) is 11.2. The lowest BCUT2D eigenvalue weighted by Crippen LogP contribution is -2.43. The lowest BCUT2D eigenvalue weighted by atomic mass is 10.2. The maximum absolute atomic E-state index is 13.1. The molecule has 2 saturated heterocycles. The molecule has 2 heterocycles. The van der Waals surface area contributed by atoms with Crippen molar-refractivity contribution < 1.29 is 23.8 Å². The van der Waals surface area contributed by atoms with Gasteiger partial charge in [-0.2, -0.15) is 0 Å². The number of amidine groups is 1. The van der Waals surface area contributed by atoms with Crippen LogP contribution in [-0.2, 0) is 19.1 Å². The summed E-state index contributed by atoms with van der Waals surface area (Å²) in [4.78, 5) is 34.1. The van der Waals surface area contributed by atoms with Gasteiger partial charge in [0.2, 0.25) is 0 Å². The molecule has 0 aliphatic carbocycles. The zero-order valence-corrected chi connectivity index (χ0v) is 21.7. The van der Waals surface area contributed by atoms with E-state index in [0.29, 0.717) is 59.7 Å². The van der Waals surface area contributed by atoms with Crippen LogP contribution >= 0.6 is 27.7 Å². The number of nitrogens with zero attached hydrogens (tertiary/aromatic N) is 3. The van der Waals surface area contributed by atoms with Gasteiger partial charge in [-0.3, -0.25) is 14.5 Å². The van der Waals surface area contributed by atoms with Crippen LogP contribution in [0.25, 0.3) is 6.08 Å². The Kier molecular flexibility index (Phi) is 8.97. The normalized spacial score (nSPS) is 18.5. The number of morpholine rings is 1. The average molecular weight is 560 g/mol. The van der Waals surface area contributed by atoms with Crippen LogP contribution < -0.4 is 4.74 Å². The monoisotopic (exact) mass is 559 g/mol. The second kappa shape index (κ2) is 12.3. The first kappa shape index (κ1) is 25.4. The summed E-state index contributed by atoms with van der Waals surface area (Å²) >= 11 is 4.85. The third-order valence-corrected chi connectivity index (χ3v) is 6.98. The summed E-state index contributed by atoms with van der Waals surface area (Å²) in [5, 5.41) is 0.616. The standard InChI is InChI=1S/C25H26BrN3O5S/c1-32-12-11-29-24(31)22(35-25(29)27-19-5-3-2-4-6-19)16-18-7-8-21(20(26)15-18)34-17-23(30)28-9-13-33-14-10-28/h2-8,15-16H,9-14,17H2,1H3/b22-16-,27-25?. The largest absolute Gasteiger partial charge is 0.483 e. The van der Waals surface area contributed by atoms with Crippen molar-refractivity contribution in [3.05, 3.63) is 63.5 Å². The van der Waals surface area contributed by atoms with E-state index in [1.807, 2.05) is 48.5 Å². The number of halogens is 1. The Morgan fingerprint density at radius 3 is 2.69 bits per heavy atom. The molecule has 2 aliphatic heterocycles. The quantitative estimate of drug-likeness (QED) is 0.456. The lowest BCUT2D eigenvalue weighted by molar-refractivity contribution is -0.137. The molecule has 35 heavy (non-hydrogen) atoms. The molecule has 10 heteroatoms. The maximum Gasteiger partial charge on any atom is 0.266 e. The number of aliphatic imine (C=N–C) groups is 1. The molecule has 4 rings (SSSR count). The zero-order chi connectivity index (χ0) is 24.6. The second-order valence-electron chi connectivity index (χ2n) is 7.76. The minimum Gasteiger partial charge on any atom is -0.483 e. The fourth-order valence-corrected chi connectivity index (χ4v) is 5.04. The summed E-state index contributed by atoms with van der Waals surface area (Å²) in [7, 11) is 1.61. The molecular weight excluding hydrogens is 534 g/mol. The van der Waals surface area contributed by atoms with E-state index in [0.717, 1.165) is 11.3 Å². The Bertz CT molecular complexity index is 1120. The van der Waals surface area contributed by atoms with E-state index in [2.05, 4.69) is 20.9 Å². The van der Waals surface area contributed by atoms with Gasteiger partial charge in [-0.25, -0.2) is 4.99 Å². The molecular formula is C25H26BrN3O5S. The number of ether oxygens (including phenoxy) is 3. The van der Waals surface area contributed by atoms with Gasteiger partial charge in [0, 0.05) is 20.2 Å². The highest BCUT2D eigenvalue weighted by Gasteiger charge is 2.33. The number of carbonyl (C=O) groups excluding carboxylic acids is 2. The predicted molar refractivity (Wildman–Crippen MR) is 140 cm³/mol. The van der Waals surface area contributed by atoms with Gasteiger partial charge < -0.3 is 19.1 Å². The van der Waals surface area contributed by atoms with Gasteiger partial charge in [0.25, 0.3) is 11.8 Å². The Balaban J connectivity index is 1.46. The number of benzene rings is 2. The van der Waals surface area contributed by atoms with E-state index >= 15 is 0 Å². The Morgan fingerprint density at radius 2 is 1.97 bits per heavy atom. The van der Waals surface area contributed by atoms with E-state index < -0.39 is 0 Å². The third kappa shape index (κ3) is 6.72. The van der Waals surface area contributed by atoms with E-state index in [-0.39, 0.29) is 18.4 Å². The molecule has 0 atom stereocenters. The minimum absolute atomic E-state index is 0.0405. The molecule has 0 spiro atoms. The molecule has 0 saturated carbocycles. The molecule has 2 aromatic rings. The summed E-state index contributed by atoms with van der Waals surface area (Å²) in [5.74, 6) is 0.377. The first-order chi connectivity index (χ1) is 17.0. The molecule has 0 aromatic heterocycles. The predicted octanol–water partition coefficient (Wildman–Crippen LogP) is 3.94. The molecule has 0 radical (unpaired) electrons. The van der Waals surface area contributed by atoms with Crippen molar-refractivity contribution in [1.29, 1.82) is 0 Å². The fraction of sp³-hybridized carbons (Fsp3) is 0.320. The van der Waals surface area contributed by atoms with Crippen LogP contribution in [0.1, 0.15) is 5.56 Å². The van der Waals surface area contributed by atoms with E-state index in [1.165, 1.54) is 11.8 Å². The SMILES string of the molecule is COCCN1C(=O)/C(=C/c2ccc(OCC(=O)N3CCOCC3)c(Br)c2)SC1=Nc1ccccc1. The van der Waals surface area contributed by atoms with Crippen LogP contribution in [0.5, 0.6) is 5.75 Å². The van der Waals surface area contributed by atoms with Crippen LogP contribution in [0.15, 0.2) is 62.9 Å². The number of hydrogen-bond acceptors (Lipinski definition) is 7. The molecule has 0 N–H and O–H groups in total. The molecule has 2 aliphatic rings. The molecule has 2 aromatic carbocycles. The number of carbonyl (C=O) groups is 2. The van der Waals surface area contributed by atoms with Crippen molar-refractivity contribution >= 4 is 56.4 Å². The Labute approximate surface area is 217 Å². The summed E-state index contributed by atoms with van der Waals surface area (Å²) in [6, 6.07) is 15.0. The van der Waals surface area contributed by atoms with Crippen molar-refractivity contribution in [2.75, 3.05) is 53.2 Å². The molecule has 184 valence electrons. The van der Waals surface area contributed by atoms with Gasteiger partial charge in [0.1, 0.15) is 5.75 Å². The van der Waals surface area contributed by atoms with Gasteiger partial charge in [0.05, 0.1) is 41.4 Å². The van der Waals surface area contributed by atoms with E-state index in [4.69, 9.17) is 14.2 Å². The van der Waals surface area contributed by atoms with Gasteiger partial charge in [0.15, 0.2) is 11.8 Å². The smallest absolute Gasteiger partial charge is 0.266 e. The number of para-hydroxylation sites is 1. The van der Waals surface area contributed by atoms with Crippen LogP contribution in [0.3, 0.4) is 0 Å². The highest BCUT2D eigenvalue weighted by Crippen LogP contribution is 2.35. The minimum atomic E-state index is -0.116. The van der Waals surface area contributed by atoms with E-state index in [9.17, 15) is 9.59 Å². The molecule has 0 bridgehead atoms. The maximum atomic E-state index is 13.1. The van der Waals surface area contributed by atoms with Crippen LogP contribution in [0.4, 0.5) is 5.69 Å². The second-order valence-corrected chi connectivity index (χ2v) is 9.63. The highest BCUT2D eigenvalue weighted by molar-refractivity contribution is 9.10. The number of amides is 2. The Hall–Kier alpha value is -2.66. The van der Waals surface area contributed by atoms with E-state index in [1.54, 1.807) is 23.0 Å². The number of methoxy groups -OCH3 is 1. The highest BCUT2D eigenvalue weighted by atomic mass is 79.9. The lowest BCUT2D eigenvalue weighted by Gasteiger charge is -2.26. The van der Waals surface area contributed by atoms with Crippen LogP contribution in [0, 0.1) is 0 Å². The van der Waals surface area contributed by atoms with Gasteiger partial charge in [-0.1, -0.05) is 24.3 Å². The number of hydrogen-bond donors (Lipinski definition) is 0. The van der Waals surface area contributed by atoms with Gasteiger partial charge in [-0.15, -0.1) is 0 Å². The molecule has 0 unspecified atom stereocenters. The summed E-state index contributed by atoms with van der Waals surface area (Å²) in [5.41, 5.74) is 1.61. The zero-order valence-electron chi connectivity index (χ0n) is 19.3. The number of thioether (sulfide) groups is 1. The van der Waals surface area contributed by atoms with Gasteiger partial charge in [-0.05, 0) is 63.6 Å². The van der Waals surface area contributed by atoms with Crippen LogP contribution in [0.2, 0.25) is 0 Å².